The second-order valence-corrected chi connectivity index (χ2v) is 7.20. The predicted molar refractivity (Wildman–Crippen MR) is 97.7 cm³/mol. The first-order valence-electron chi connectivity index (χ1n) is 9.94. The van der Waals surface area contributed by atoms with Gasteiger partial charge >= 0.3 is 0 Å². The summed E-state index contributed by atoms with van der Waals surface area (Å²) in [6, 6.07) is 0. The molecule has 0 saturated heterocycles. The Hall–Kier alpha value is -0.0400. The van der Waals surface area contributed by atoms with Crippen LogP contribution in [0.5, 0.6) is 0 Å². The first-order valence-corrected chi connectivity index (χ1v) is 9.94. The van der Waals surface area contributed by atoms with E-state index in [2.05, 4.69) is 20.8 Å². The van der Waals surface area contributed by atoms with Crippen LogP contribution in [0.25, 0.3) is 0 Å². The van der Waals surface area contributed by atoms with Gasteiger partial charge in [0, 0.05) is 0 Å². The highest BCUT2D eigenvalue weighted by atomic mass is 14.5. The molecule has 0 heterocycles. The molecule has 0 fully saturated rings. The van der Waals surface area contributed by atoms with E-state index in [0.29, 0.717) is 5.92 Å². The van der Waals surface area contributed by atoms with E-state index in [1.165, 1.54) is 89.9 Å². The van der Waals surface area contributed by atoms with Gasteiger partial charge in [0.05, 0.1) is 0 Å². The van der Waals surface area contributed by atoms with Crippen LogP contribution in [-0.2, 0) is 0 Å². The van der Waals surface area contributed by atoms with E-state index in [-0.39, 0.29) is 0 Å². The van der Waals surface area contributed by atoms with Gasteiger partial charge < -0.3 is 5.73 Å². The Morgan fingerprint density at radius 3 is 1.52 bits per heavy atom. The molecule has 0 spiro atoms. The van der Waals surface area contributed by atoms with Crippen LogP contribution in [0.1, 0.15) is 111 Å². The van der Waals surface area contributed by atoms with Crippen molar-refractivity contribution in [1.29, 1.82) is 0 Å². The van der Waals surface area contributed by atoms with E-state index in [1.54, 1.807) is 0 Å². The molecule has 0 aromatic rings. The molecule has 1 unspecified atom stereocenters. The average Bonchev–Trinajstić information content (AvgIpc) is 2.49. The molecule has 1 nitrogen and oxygen atoms in total. The first kappa shape index (κ1) is 21.0. The Bertz CT molecular complexity index is 190. The summed E-state index contributed by atoms with van der Waals surface area (Å²) in [4.78, 5) is 0. The molecule has 0 bridgehead atoms. The zero-order chi connectivity index (χ0) is 15.8. The van der Waals surface area contributed by atoms with Gasteiger partial charge in [-0.15, -0.1) is 0 Å². The molecule has 2 atom stereocenters. The zero-order valence-corrected chi connectivity index (χ0v) is 15.3. The van der Waals surface area contributed by atoms with Crippen LogP contribution in [-0.4, -0.2) is 6.54 Å². The molecule has 0 aliphatic heterocycles. The van der Waals surface area contributed by atoms with Gasteiger partial charge in [0.2, 0.25) is 0 Å². The highest BCUT2D eigenvalue weighted by molar-refractivity contribution is 4.65. The second-order valence-electron chi connectivity index (χ2n) is 7.20. The Morgan fingerprint density at radius 2 is 1.10 bits per heavy atom. The van der Waals surface area contributed by atoms with E-state index in [4.69, 9.17) is 5.73 Å². The van der Waals surface area contributed by atoms with E-state index < -0.39 is 0 Å². The van der Waals surface area contributed by atoms with Crippen LogP contribution < -0.4 is 5.73 Å². The fraction of sp³-hybridized carbons (Fsp3) is 1.00. The summed E-state index contributed by atoms with van der Waals surface area (Å²) in [6.45, 7) is 7.78. The fourth-order valence-electron chi connectivity index (χ4n) is 3.30. The van der Waals surface area contributed by atoms with Gasteiger partial charge in [-0.1, -0.05) is 104 Å². The topological polar surface area (TPSA) is 26.0 Å². The van der Waals surface area contributed by atoms with Crippen molar-refractivity contribution >= 4 is 0 Å². The van der Waals surface area contributed by atoms with Crippen LogP contribution in [0, 0.1) is 11.8 Å². The molecule has 0 aliphatic rings. The molecule has 2 N–H and O–H groups in total. The molecule has 1 heteroatoms. The SMILES string of the molecule is CCCCCCCC[C@@H](CCCCCCC)CC(C)CN. The minimum Gasteiger partial charge on any atom is -0.330 e. The number of hydrogen-bond acceptors (Lipinski definition) is 1. The van der Waals surface area contributed by atoms with Crippen molar-refractivity contribution in [2.24, 2.45) is 17.6 Å². The Labute approximate surface area is 135 Å². The second kappa shape index (κ2) is 16.3. The molecule has 0 aliphatic carbocycles. The van der Waals surface area contributed by atoms with E-state index in [0.717, 1.165) is 12.5 Å². The lowest BCUT2D eigenvalue weighted by atomic mass is 9.87. The Morgan fingerprint density at radius 1 is 0.667 bits per heavy atom. The third kappa shape index (κ3) is 14.7. The lowest BCUT2D eigenvalue weighted by Gasteiger charge is -2.20. The number of rotatable bonds is 16. The average molecular weight is 298 g/mol. The normalized spacial score (nSPS) is 14.3. The van der Waals surface area contributed by atoms with Crippen molar-refractivity contribution in [3.8, 4) is 0 Å². The molecule has 128 valence electrons. The maximum absolute atomic E-state index is 5.82. The largest absolute Gasteiger partial charge is 0.330 e. The zero-order valence-electron chi connectivity index (χ0n) is 15.3. The summed E-state index contributed by atoms with van der Waals surface area (Å²) in [6.07, 6.45) is 19.9. The van der Waals surface area contributed by atoms with Crippen molar-refractivity contribution in [1.82, 2.24) is 0 Å². The molecule has 21 heavy (non-hydrogen) atoms. The van der Waals surface area contributed by atoms with Gasteiger partial charge in [-0.2, -0.15) is 0 Å². The van der Waals surface area contributed by atoms with Crippen LogP contribution in [0.4, 0.5) is 0 Å². The van der Waals surface area contributed by atoms with Crippen LogP contribution >= 0.6 is 0 Å². The van der Waals surface area contributed by atoms with Gasteiger partial charge in [0.25, 0.3) is 0 Å². The molecule has 0 rings (SSSR count). The van der Waals surface area contributed by atoms with Crippen LogP contribution in [0.15, 0.2) is 0 Å². The lowest BCUT2D eigenvalue weighted by Crippen LogP contribution is -2.15. The smallest absolute Gasteiger partial charge is 0.00514 e. The van der Waals surface area contributed by atoms with Crippen molar-refractivity contribution in [3.05, 3.63) is 0 Å². The summed E-state index contributed by atoms with van der Waals surface area (Å²) in [7, 11) is 0. The minimum atomic E-state index is 0.714. The number of hydrogen-bond donors (Lipinski definition) is 1. The summed E-state index contributed by atoms with van der Waals surface area (Å²) in [5.41, 5.74) is 5.82. The number of nitrogens with two attached hydrogens (primary N) is 1. The van der Waals surface area contributed by atoms with Gasteiger partial charge in [0.15, 0.2) is 0 Å². The Balaban J connectivity index is 3.75. The van der Waals surface area contributed by atoms with Crippen molar-refractivity contribution in [3.63, 3.8) is 0 Å². The minimum absolute atomic E-state index is 0.714. The molecule has 0 aromatic heterocycles. The molecular formula is C20H43N. The van der Waals surface area contributed by atoms with Gasteiger partial charge in [-0.3, -0.25) is 0 Å². The van der Waals surface area contributed by atoms with E-state index in [1.807, 2.05) is 0 Å². The highest BCUT2D eigenvalue weighted by Crippen LogP contribution is 2.25. The van der Waals surface area contributed by atoms with Crippen LogP contribution in [0.2, 0.25) is 0 Å². The van der Waals surface area contributed by atoms with Gasteiger partial charge in [-0.05, 0) is 24.8 Å². The summed E-state index contributed by atoms with van der Waals surface area (Å²) >= 11 is 0. The monoisotopic (exact) mass is 297 g/mol. The van der Waals surface area contributed by atoms with Crippen LogP contribution in [0.3, 0.4) is 0 Å². The maximum atomic E-state index is 5.82. The van der Waals surface area contributed by atoms with E-state index >= 15 is 0 Å². The first-order chi connectivity index (χ1) is 10.2. The third-order valence-electron chi connectivity index (χ3n) is 4.82. The Kier molecular flexibility index (Phi) is 16.3. The van der Waals surface area contributed by atoms with Crippen molar-refractivity contribution in [2.45, 2.75) is 111 Å². The summed E-state index contributed by atoms with van der Waals surface area (Å²) < 4.78 is 0. The molecule has 0 amide bonds. The quantitative estimate of drug-likeness (QED) is 0.315. The maximum Gasteiger partial charge on any atom is -0.00514 e. The highest BCUT2D eigenvalue weighted by Gasteiger charge is 2.12. The van der Waals surface area contributed by atoms with Gasteiger partial charge in [-0.25, -0.2) is 0 Å². The molecule has 0 saturated carbocycles. The van der Waals surface area contributed by atoms with Gasteiger partial charge in [0.1, 0.15) is 0 Å². The summed E-state index contributed by atoms with van der Waals surface area (Å²) in [5.74, 6) is 1.65. The van der Waals surface area contributed by atoms with E-state index in [9.17, 15) is 0 Å². The molecule has 0 radical (unpaired) electrons. The molecule has 0 aromatic carbocycles. The predicted octanol–water partition coefficient (Wildman–Crippen LogP) is 6.70. The van der Waals surface area contributed by atoms with Crippen molar-refractivity contribution in [2.75, 3.05) is 6.54 Å². The fourth-order valence-corrected chi connectivity index (χ4v) is 3.30. The lowest BCUT2D eigenvalue weighted by molar-refractivity contribution is 0.331. The summed E-state index contributed by atoms with van der Waals surface area (Å²) in [5, 5.41) is 0. The van der Waals surface area contributed by atoms with Crippen molar-refractivity contribution < 1.29 is 0 Å². The standard InChI is InChI=1S/C20H43N/c1-4-6-8-10-12-14-16-20(17-19(3)18-21)15-13-11-9-7-5-2/h19-20H,4-18,21H2,1-3H3/t19?,20-/m1/s1. The third-order valence-corrected chi connectivity index (χ3v) is 4.82. The number of unbranched alkanes of at least 4 members (excludes halogenated alkanes) is 9. The molecular weight excluding hydrogens is 254 g/mol.